The van der Waals surface area contributed by atoms with E-state index in [1.165, 1.54) is 19.1 Å². The molecular formula is C20H23N5O5. The van der Waals surface area contributed by atoms with Crippen molar-refractivity contribution in [1.29, 1.82) is 5.26 Å². The lowest BCUT2D eigenvalue weighted by Gasteiger charge is -2.13. The van der Waals surface area contributed by atoms with Crippen molar-refractivity contribution >= 4 is 17.1 Å². The molecule has 0 saturated heterocycles. The van der Waals surface area contributed by atoms with Crippen LogP contribution in [0, 0.1) is 35.3 Å². The Morgan fingerprint density at radius 3 is 2.63 bits per heavy atom. The Morgan fingerprint density at radius 1 is 1.33 bits per heavy atom. The second kappa shape index (κ2) is 9.76. The number of aromatic nitrogens is 1. The molecule has 158 valence electrons. The van der Waals surface area contributed by atoms with E-state index in [0.717, 1.165) is 4.57 Å². The number of nitro benzene ring substituents is 1. The van der Waals surface area contributed by atoms with E-state index in [9.17, 15) is 25.3 Å². The molecule has 0 aliphatic rings. The summed E-state index contributed by atoms with van der Waals surface area (Å²) >= 11 is 0. The number of aryl methyl sites for hydroxylation is 1. The van der Waals surface area contributed by atoms with Crippen LogP contribution in [-0.2, 0) is 11.3 Å². The summed E-state index contributed by atoms with van der Waals surface area (Å²) in [6, 6.07) is 6.29. The maximum atomic E-state index is 12.9. The minimum Gasteiger partial charge on any atom is -0.493 e. The Hall–Kier alpha value is -3.58. The van der Waals surface area contributed by atoms with Crippen LogP contribution in [0.4, 0.5) is 17.1 Å². The van der Waals surface area contributed by atoms with E-state index in [0.29, 0.717) is 18.6 Å². The Morgan fingerprint density at radius 2 is 2.03 bits per heavy atom. The van der Waals surface area contributed by atoms with Crippen molar-refractivity contribution in [3.8, 4) is 11.9 Å². The molecule has 0 atom stereocenters. The first-order chi connectivity index (χ1) is 14.2. The quantitative estimate of drug-likeness (QED) is 0.297. The molecule has 0 radical (unpaired) electrons. The van der Waals surface area contributed by atoms with Crippen LogP contribution in [-0.4, -0.2) is 27.3 Å². The molecule has 10 heteroatoms. The van der Waals surface area contributed by atoms with E-state index in [2.05, 4.69) is 10.2 Å². The SMILES string of the molecule is Cc1ccc(N=Nc2c(C)c(C#N)c(O)n(CCCOC(C)C)c2=O)c([N+](=O)[O-])c1. The molecule has 0 unspecified atom stereocenters. The van der Waals surface area contributed by atoms with Crippen LogP contribution in [0.15, 0.2) is 33.2 Å². The molecule has 1 N–H and O–H groups in total. The van der Waals surface area contributed by atoms with Crippen molar-refractivity contribution in [3.63, 3.8) is 0 Å². The van der Waals surface area contributed by atoms with Gasteiger partial charge in [-0.05, 0) is 45.7 Å². The van der Waals surface area contributed by atoms with Crippen molar-refractivity contribution in [2.24, 2.45) is 10.2 Å². The topological polar surface area (TPSA) is 143 Å². The number of nitro groups is 1. The fourth-order valence-electron chi connectivity index (χ4n) is 2.77. The van der Waals surface area contributed by atoms with Gasteiger partial charge in [0.1, 0.15) is 11.6 Å². The van der Waals surface area contributed by atoms with Crippen LogP contribution in [0.1, 0.15) is 37.0 Å². The molecular weight excluding hydrogens is 390 g/mol. The third-order valence-electron chi connectivity index (χ3n) is 4.33. The van der Waals surface area contributed by atoms with E-state index in [1.807, 2.05) is 19.9 Å². The summed E-state index contributed by atoms with van der Waals surface area (Å²) in [4.78, 5) is 23.5. The lowest BCUT2D eigenvalue weighted by molar-refractivity contribution is -0.384. The summed E-state index contributed by atoms with van der Waals surface area (Å²) in [5.74, 6) is -0.454. The predicted octanol–water partition coefficient (Wildman–Crippen LogP) is 4.18. The average Bonchev–Trinajstić information content (AvgIpc) is 2.68. The highest BCUT2D eigenvalue weighted by Crippen LogP contribution is 2.31. The first-order valence-corrected chi connectivity index (χ1v) is 9.32. The minimum atomic E-state index is -0.646. The molecule has 0 aliphatic heterocycles. The van der Waals surface area contributed by atoms with Crippen molar-refractivity contribution in [2.45, 2.75) is 46.8 Å². The number of benzene rings is 1. The highest BCUT2D eigenvalue weighted by Gasteiger charge is 2.20. The maximum absolute atomic E-state index is 12.9. The molecule has 1 heterocycles. The van der Waals surface area contributed by atoms with Gasteiger partial charge in [0.05, 0.1) is 11.0 Å². The molecule has 1 aromatic heterocycles. The molecule has 0 spiro atoms. The van der Waals surface area contributed by atoms with Crippen LogP contribution < -0.4 is 5.56 Å². The van der Waals surface area contributed by atoms with Crippen molar-refractivity contribution in [3.05, 3.63) is 55.4 Å². The molecule has 1 aromatic carbocycles. The van der Waals surface area contributed by atoms with Gasteiger partial charge >= 0.3 is 0 Å². The summed E-state index contributed by atoms with van der Waals surface area (Å²) in [5.41, 5.74) is -0.357. The van der Waals surface area contributed by atoms with E-state index < -0.39 is 16.4 Å². The van der Waals surface area contributed by atoms with Crippen molar-refractivity contribution in [1.82, 2.24) is 4.57 Å². The minimum absolute atomic E-state index is 0.0205. The van der Waals surface area contributed by atoms with E-state index in [-0.39, 0.29) is 40.8 Å². The van der Waals surface area contributed by atoms with E-state index in [4.69, 9.17) is 4.74 Å². The first-order valence-electron chi connectivity index (χ1n) is 9.32. The summed E-state index contributed by atoms with van der Waals surface area (Å²) in [5, 5.41) is 38.8. The first kappa shape index (κ1) is 22.7. The van der Waals surface area contributed by atoms with Gasteiger partial charge in [0.2, 0.25) is 5.88 Å². The zero-order valence-electron chi connectivity index (χ0n) is 17.2. The van der Waals surface area contributed by atoms with Crippen molar-refractivity contribution < 1.29 is 14.8 Å². The summed E-state index contributed by atoms with van der Waals surface area (Å²) in [7, 11) is 0. The molecule has 0 amide bonds. The molecule has 2 aromatic rings. The highest BCUT2D eigenvalue weighted by atomic mass is 16.6. The smallest absolute Gasteiger partial charge is 0.296 e. The van der Waals surface area contributed by atoms with Gasteiger partial charge in [0.15, 0.2) is 11.4 Å². The highest BCUT2D eigenvalue weighted by molar-refractivity contribution is 5.60. The monoisotopic (exact) mass is 413 g/mol. The standard InChI is InChI=1S/C20H23N5O5/c1-12(2)30-9-5-8-24-19(26)15(11-21)14(4)18(20(24)27)23-22-16-7-6-13(3)10-17(16)25(28)29/h6-7,10,12,26H,5,8-9H2,1-4H3. The number of hydrogen-bond acceptors (Lipinski definition) is 8. The number of nitriles is 1. The van der Waals surface area contributed by atoms with Gasteiger partial charge in [-0.25, -0.2) is 0 Å². The molecule has 0 bridgehead atoms. The number of rotatable bonds is 8. The number of aromatic hydroxyl groups is 1. The third-order valence-corrected chi connectivity index (χ3v) is 4.33. The second-order valence-corrected chi connectivity index (χ2v) is 6.96. The Balaban J connectivity index is 2.49. The second-order valence-electron chi connectivity index (χ2n) is 6.96. The third kappa shape index (κ3) is 5.07. The van der Waals surface area contributed by atoms with Crippen molar-refractivity contribution in [2.75, 3.05) is 6.61 Å². The Kier molecular flexibility index (Phi) is 7.38. The van der Waals surface area contributed by atoms with Crippen LogP contribution in [0.5, 0.6) is 5.88 Å². The van der Waals surface area contributed by atoms with Gasteiger partial charge < -0.3 is 9.84 Å². The fraction of sp³-hybridized carbons (Fsp3) is 0.400. The van der Waals surface area contributed by atoms with Crippen LogP contribution in [0.2, 0.25) is 0 Å². The summed E-state index contributed by atoms with van der Waals surface area (Å²) in [6.45, 7) is 7.41. The normalized spacial score (nSPS) is 11.2. The zero-order chi connectivity index (χ0) is 22.4. The average molecular weight is 413 g/mol. The van der Waals surface area contributed by atoms with E-state index >= 15 is 0 Å². The van der Waals surface area contributed by atoms with E-state index in [1.54, 1.807) is 13.0 Å². The molecule has 2 rings (SSSR count). The largest absolute Gasteiger partial charge is 0.493 e. The van der Waals surface area contributed by atoms with Gasteiger partial charge in [-0.2, -0.15) is 5.26 Å². The molecule has 30 heavy (non-hydrogen) atoms. The lowest BCUT2D eigenvalue weighted by Crippen LogP contribution is -2.23. The van der Waals surface area contributed by atoms with Gasteiger partial charge in [-0.3, -0.25) is 19.5 Å². The number of nitrogens with zero attached hydrogens (tertiary/aromatic N) is 5. The molecule has 0 fully saturated rings. The van der Waals surface area contributed by atoms with Gasteiger partial charge in [0.25, 0.3) is 11.2 Å². The fourth-order valence-corrected chi connectivity index (χ4v) is 2.77. The number of pyridine rings is 1. The van der Waals surface area contributed by atoms with Gasteiger partial charge in [-0.1, -0.05) is 6.07 Å². The summed E-state index contributed by atoms with van der Waals surface area (Å²) in [6.07, 6.45) is 0.456. The number of hydrogen-bond donors (Lipinski definition) is 1. The molecule has 0 saturated carbocycles. The lowest BCUT2D eigenvalue weighted by atomic mass is 10.1. The van der Waals surface area contributed by atoms with Gasteiger partial charge in [-0.15, -0.1) is 10.2 Å². The number of azo groups is 1. The Labute approximate surface area is 173 Å². The van der Waals surface area contributed by atoms with Crippen LogP contribution >= 0.6 is 0 Å². The predicted molar refractivity (Wildman–Crippen MR) is 110 cm³/mol. The van der Waals surface area contributed by atoms with Crippen LogP contribution in [0.3, 0.4) is 0 Å². The number of ether oxygens (including phenoxy) is 1. The molecule has 10 nitrogen and oxygen atoms in total. The molecule has 0 aliphatic carbocycles. The zero-order valence-corrected chi connectivity index (χ0v) is 17.2. The summed E-state index contributed by atoms with van der Waals surface area (Å²) < 4.78 is 6.47. The van der Waals surface area contributed by atoms with Crippen LogP contribution in [0.25, 0.3) is 0 Å². The Bertz CT molecular complexity index is 1080. The maximum Gasteiger partial charge on any atom is 0.296 e. The van der Waals surface area contributed by atoms with Gasteiger partial charge in [0, 0.05) is 24.8 Å².